The number of aromatic nitrogens is 2. The van der Waals surface area contributed by atoms with E-state index < -0.39 is 0 Å². The highest BCUT2D eigenvalue weighted by Crippen LogP contribution is 2.30. The summed E-state index contributed by atoms with van der Waals surface area (Å²) in [4.78, 5) is 16.4. The van der Waals surface area contributed by atoms with Gasteiger partial charge < -0.3 is 19.4 Å². The van der Waals surface area contributed by atoms with Gasteiger partial charge in [0.05, 0.1) is 18.5 Å². The standard InChI is InChI=1S/C19H23N3O3/c1-3-8-24-17-5-4-15-9-16(12-25-18(15)10-17)19(23)21-14(2)11-22-7-6-20-13-22/h4-7,9-10,13-14H,3,8,11-12H2,1-2H3,(H,21,23). The molecule has 2 heterocycles. The summed E-state index contributed by atoms with van der Waals surface area (Å²) in [6.45, 7) is 5.64. The first-order chi connectivity index (χ1) is 12.2. The molecule has 0 bridgehead atoms. The van der Waals surface area contributed by atoms with E-state index in [4.69, 9.17) is 9.47 Å². The number of amides is 1. The summed E-state index contributed by atoms with van der Waals surface area (Å²) >= 11 is 0. The lowest BCUT2D eigenvalue weighted by atomic mass is 10.1. The van der Waals surface area contributed by atoms with Crippen molar-refractivity contribution in [2.75, 3.05) is 13.2 Å². The van der Waals surface area contributed by atoms with Crippen molar-refractivity contribution in [2.45, 2.75) is 32.9 Å². The zero-order chi connectivity index (χ0) is 17.6. The largest absolute Gasteiger partial charge is 0.493 e. The Kier molecular flexibility index (Phi) is 5.38. The van der Waals surface area contributed by atoms with Gasteiger partial charge in [-0.25, -0.2) is 4.98 Å². The number of hydrogen-bond acceptors (Lipinski definition) is 4. The van der Waals surface area contributed by atoms with Crippen molar-refractivity contribution in [3.8, 4) is 11.5 Å². The van der Waals surface area contributed by atoms with Crippen LogP contribution in [0.1, 0.15) is 25.8 Å². The molecule has 6 nitrogen and oxygen atoms in total. The Balaban J connectivity index is 1.63. The Morgan fingerprint density at radius 2 is 2.36 bits per heavy atom. The molecule has 25 heavy (non-hydrogen) atoms. The maximum Gasteiger partial charge on any atom is 0.250 e. The van der Waals surface area contributed by atoms with Gasteiger partial charge in [0.1, 0.15) is 18.1 Å². The summed E-state index contributed by atoms with van der Waals surface area (Å²) in [5.41, 5.74) is 1.51. The van der Waals surface area contributed by atoms with Crippen molar-refractivity contribution < 1.29 is 14.3 Å². The smallest absolute Gasteiger partial charge is 0.250 e. The summed E-state index contributed by atoms with van der Waals surface area (Å²) in [7, 11) is 0. The zero-order valence-corrected chi connectivity index (χ0v) is 14.6. The fourth-order valence-corrected chi connectivity index (χ4v) is 2.66. The van der Waals surface area contributed by atoms with Crippen molar-refractivity contribution in [3.05, 3.63) is 48.1 Å². The van der Waals surface area contributed by atoms with Crippen molar-refractivity contribution in [1.29, 1.82) is 0 Å². The molecule has 2 aromatic rings. The van der Waals surface area contributed by atoms with Gasteiger partial charge in [0.2, 0.25) is 0 Å². The maximum absolute atomic E-state index is 12.4. The zero-order valence-electron chi connectivity index (χ0n) is 14.6. The number of carbonyl (C=O) groups is 1. The molecular formula is C19H23N3O3. The van der Waals surface area contributed by atoms with Crippen LogP contribution in [0.15, 0.2) is 42.5 Å². The van der Waals surface area contributed by atoms with E-state index in [0.29, 0.717) is 18.7 Å². The van der Waals surface area contributed by atoms with Gasteiger partial charge in [0.25, 0.3) is 5.91 Å². The molecule has 0 aliphatic carbocycles. The van der Waals surface area contributed by atoms with Gasteiger partial charge in [-0.3, -0.25) is 4.79 Å². The SMILES string of the molecule is CCCOc1ccc2c(c1)OCC(C(=O)NC(C)Cn1ccnc1)=C2. The third-order valence-corrected chi connectivity index (χ3v) is 3.88. The summed E-state index contributed by atoms with van der Waals surface area (Å²) in [5.74, 6) is 1.43. The third kappa shape index (κ3) is 4.41. The lowest BCUT2D eigenvalue weighted by molar-refractivity contribution is -0.118. The maximum atomic E-state index is 12.4. The lowest BCUT2D eigenvalue weighted by Crippen LogP contribution is -2.37. The van der Waals surface area contributed by atoms with Crippen LogP contribution in [0.4, 0.5) is 0 Å². The van der Waals surface area contributed by atoms with Gasteiger partial charge in [0.15, 0.2) is 0 Å². The predicted octanol–water partition coefficient (Wildman–Crippen LogP) is 2.65. The fraction of sp³-hybridized carbons (Fsp3) is 0.368. The van der Waals surface area contributed by atoms with Gasteiger partial charge >= 0.3 is 0 Å². The van der Waals surface area contributed by atoms with Gasteiger partial charge in [0, 0.05) is 36.6 Å². The van der Waals surface area contributed by atoms with E-state index in [2.05, 4.69) is 17.2 Å². The molecule has 0 radical (unpaired) electrons. The summed E-state index contributed by atoms with van der Waals surface area (Å²) in [5, 5.41) is 3.00. The van der Waals surface area contributed by atoms with Crippen molar-refractivity contribution in [1.82, 2.24) is 14.9 Å². The van der Waals surface area contributed by atoms with Crippen LogP contribution in [0.3, 0.4) is 0 Å². The number of benzene rings is 1. The first-order valence-corrected chi connectivity index (χ1v) is 8.52. The highest BCUT2D eigenvalue weighted by molar-refractivity contribution is 5.99. The second kappa shape index (κ2) is 7.88. The van der Waals surface area contributed by atoms with Crippen LogP contribution in [0, 0.1) is 0 Å². The van der Waals surface area contributed by atoms with Crippen LogP contribution in [-0.4, -0.2) is 34.7 Å². The molecular weight excluding hydrogens is 318 g/mol. The van der Waals surface area contributed by atoms with Crippen molar-refractivity contribution in [3.63, 3.8) is 0 Å². The first kappa shape index (κ1) is 17.1. The number of rotatable bonds is 7. The summed E-state index contributed by atoms with van der Waals surface area (Å²) in [6.07, 6.45) is 8.17. The Morgan fingerprint density at radius 3 is 3.12 bits per heavy atom. The second-order valence-electron chi connectivity index (χ2n) is 6.14. The van der Waals surface area contributed by atoms with E-state index in [-0.39, 0.29) is 18.6 Å². The number of fused-ring (bicyclic) bond motifs is 1. The van der Waals surface area contributed by atoms with E-state index in [0.717, 1.165) is 23.5 Å². The quantitative estimate of drug-likeness (QED) is 0.841. The molecule has 1 N–H and O–H groups in total. The molecule has 1 aromatic carbocycles. The highest BCUT2D eigenvalue weighted by atomic mass is 16.5. The van der Waals surface area contributed by atoms with E-state index in [9.17, 15) is 4.79 Å². The normalized spacial score (nSPS) is 14.1. The van der Waals surface area contributed by atoms with Crippen LogP contribution in [0.5, 0.6) is 11.5 Å². The van der Waals surface area contributed by atoms with Crippen LogP contribution >= 0.6 is 0 Å². The Bertz CT molecular complexity index is 753. The number of nitrogens with zero attached hydrogens (tertiary/aromatic N) is 2. The molecule has 6 heteroatoms. The molecule has 0 spiro atoms. The molecule has 1 aliphatic heterocycles. The van der Waals surface area contributed by atoms with Gasteiger partial charge in [-0.2, -0.15) is 0 Å². The van der Waals surface area contributed by atoms with Crippen LogP contribution in [0.25, 0.3) is 6.08 Å². The molecule has 3 rings (SSSR count). The van der Waals surface area contributed by atoms with E-state index >= 15 is 0 Å². The monoisotopic (exact) mass is 341 g/mol. The van der Waals surface area contributed by atoms with Crippen LogP contribution in [0.2, 0.25) is 0 Å². The molecule has 132 valence electrons. The number of carbonyl (C=O) groups excluding carboxylic acids is 1. The van der Waals surface area contributed by atoms with E-state index in [1.807, 2.05) is 42.0 Å². The van der Waals surface area contributed by atoms with Crippen molar-refractivity contribution in [2.24, 2.45) is 0 Å². The minimum absolute atomic E-state index is 0.00573. The molecule has 1 amide bonds. The molecule has 1 aromatic heterocycles. The van der Waals surface area contributed by atoms with E-state index in [1.54, 1.807) is 12.5 Å². The molecule has 0 saturated carbocycles. The first-order valence-electron chi connectivity index (χ1n) is 8.52. The Morgan fingerprint density at radius 1 is 1.48 bits per heavy atom. The third-order valence-electron chi connectivity index (χ3n) is 3.88. The highest BCUT2D eigenvalue weighted by Gasteiger charge is 2.19. The Labute approximate surface area is 147 Å². The molecule has 0 fully saturated rings. The van der Waals surface area contributed by atoms with Gasteiger partial charge in [-0.1, -0.05) is 6.92 Å². The topological polar surface area (TPSA) is 65.4 Å². The minimum atomic E-state index is -0.107. The number of ether oxygens (including phenoxy) is 2. The number of nitrogens with one attached hydrogen (secondary N) is 1. The minimum Gasteiger partial charge on any atom is -0.493 e. The van der Waals surface area contributed by atoms with Crippen molar-refractivity contribution >= 4 is 12.0 Å². The summed E-state index contributed by atoms with van der Waals surface area (Å²) in [6, 6.07) is 5.69. The van der Waals surface area contributed by atoms with Crippen LogP contribution < -0.4 is 14.8 Å². The Hall–Kier alpha value is -2.76. The number of imidazole rings is 1. The fourth-order valence-electron chi connectivity index (χ4n) is 2.66. The second-order valence-corrected chi connectivity index (χ2v) is 6.14. The molecule has 1 unspecified atom stereocenters. The van der Waals surface area contributed by atoms with Crippen LogP contribution in [-0.2, 0) is 11.3 Å². The predicted molar refractivity (Wildman–Crippen MR) is 95.5 cm³/mol. The van der Waals surface area contributed by atoms with Gasteiger partial charge in [-0.15, -0.1) is 0 Å². The lowest BCUT2D eigenvalue weighted by Gasteiger charge is -2.20. The molecule has 1 atom stereocenters. The average Bonchev–Trinajstić information content (AvgIpc) is 3.12. The summed E-state index contributed by atoms with van der Waals surface area (Å²) < 4.78 is 13.3. The average molecular weight is 341 g/mol. The molecule has 0 saturated heterocycles. The number of hydrogen-bond donors (Lipinski definition) is 1. The van der Waals surface area contributed by atoms with E-state index in [1.165, 1.54) is 0 Å². The molecule has 1 aliphatic rings. The van der Waals surface area contributed by atoms with Gasteiger partial charge in [-0.05, 0) is 31.6 Å².